The van der Waals surface area contributed by atoms with Crippen molar-refractivity contribution in [2.45, 2.75) is 38.6 Å². The zero-order chi connectivity index (χ0) is 14.5. The van der Waals surface area contributed by atoms with Crippen LogP contribution < -0.4 is 10.0 Å². The van der Waals surface area contributed by atoms with Crippen LogP contribution in [0.5, 0.6) is 0 Å². The van der Waals surface area contributed by atoms with Gasteiger partial charge in [0.2, 0.25) is 10.0 Å². The predicted molar refractivity (Wildman–Crippen MR) is 81.7 cm³/mol. The van der Waals surface area contributed by atoms with Gasteiger partial charge in [-0.3, -0.25) is 0 Å². The highest BCUT2D eigenvalue weighted by Crippen LogP contribution is 2.27. The van der Waals surface area contributed by atoms with E-state index in [-0.39, 0.29) is 0 Å². The highest BCUT2D eigenvalue weighted by Gasteiger charge is 2.19. The summed E-state index contributed by atoms with van der Waals surface area (Å²) in [5, 5.41) is 3.20. The summed E-state index contributed by atoms with van der Waals surface area (Å²) in [7, 11) is -3.45. The van der Waals surface area contributed by atoms with Crippen molar-refractivity contribution in [3.05, 3.63) is 27.7 Å². The lowest BCUT2D eigenvalue weighted by Crippen LogP contribution is -2.25. The number of rotatable bonds is 7. The standard InChI is InChI=1S/C13H21BrN2O2S/c1-4-6-16-19(17,18)12-8-11(9-15-5-2)7-10(3)13(12)14/h7-8,15-16H,4-6,9H2,1-3H3. The zero-order valence-electron chi connectivity index (χ0n) is 11.6. The first-order valence-corrected chi connectivity index (χ1v) is 8.69. The fraction of sp³-hybridized carbons (Fsp3) is 0.538. The van der Waals surface area contributed by atoms with Crippen LogP contribution in [-0.4, -0.2) is 21.5 Å². The van der Waals surface area contributed by atoms with E-state index < -0.39 is 10.0 Å². The highest BCUT2D eigenvalue weighted by molar-refractivity contribution is 9.10. The van der Waals surface area contributed by atoms with Gasteiger partial charge < -0.3 is 5.32 Å². The summed E-state index contributed by atoms with van der Waals surface area (Å²) in [6.45, 7) is 7.83. The SMILES string of the molecule is CCCNS(=O)(=O)c1cc(CNCC)cc(C)c1Br. The zero-order valence-corrected chi connectivity index (χ0v) is 14.0. The monoisotopic (exact) mass is 348 g/mol. The third kappa shape index (κ3) is 4.56. The van der Waals surface area contributed by atoms with Crippen LogP contribution in [0.3, 0.4) is 0 Å². The molecule has 0 spiro atoms. The van der Waals surface area contributed by atoms with Crippen molar-refractivity contribution < 1.29 is 8.42 Å². The van der Waals surface area contributed by atoms with Crippen molar-refractivity contribution in [1.82, 2.24) is 10.0 Å². The number of halogens is 1. The largest absolute Gasteiger partial charge is 0.313 e. The molecule has 0 aromatic heterocycles. The second-order valence-electron chi connectivity index (χ2n) is 4.40. The molecule has 0 aliphatic carbocycles. The summed E-state index contributed by atoms with van der Waals surface area (Å²) < 4.78 is 27.7. The summed E-state index contributed by atoms with van der Waals surface area (Å²) in [5.74, 6) is 0. The molecule has 6 heteroatoms. The Hall–Kier alpha value is -0.430. The first kappa shape index (κ1) is 16.6. The summed E-state index contributed by atoms with van der Waals surface area (Å²) in [4.78, 5) is 0.314. The van der Waals surface area contributed by atoms with E-state index in [1.54, 1.807) is 6.07 Å². The maximum Gasteiger partial charge on any atom is 0.241 e. The molecule has 0 aliphatic heterocycles. The van der Waals surface area contributed by atoms with Gasteiger partial charge >= 0.3 is 0 Å². The lowest BCUT2D eigenvalue weighted by atomic mass is 10.1. The minimum atomic E-state index is -3.45. The average molecular weight is 349 g/mol. The molecule has 0 heterocycles. The third-order valence-electron chi connectivity index (χ3n) is 2.69. The van der Waals surface area contributed by atoms with Crippen LogP contribution in [0.4, 0.5) is 0 Å². The van der Waals surface area contributed by atoms with Crippen LogP contribution in [0.25, 0.3) is 0 Å². The van der Waals surface area contributed by atoms with Gasteiger partial charge in [-0.05, 0) is 53.0 Å². The molecule has 4 nitrogen and oxygen atoms in total. The van der Waals surface area contributed by atoms with E-state index in [9.17, 15) is 8.42 Å². The van der Waals surface area contributed by atoms with E-state index in [1.807, 2.05) is 26.8 Å². The van der Waals surface area contributed by atoms with E-state index in [2.05, 4.69) is 26.0 Å². The Morgan fingerprint density at radius 3 is 2.53 bits per heavy atom. The normalized spacial score (nSPS) is 11.8. The van der Waals surface area contributed by atoms with Crippen LogP contribution in [0.15, 0.2) is 21.5 Å². The minimum Gasteiger partial charge on any atom is -0.313 e. The van der Waals surface area contributed by atoms with Crippen molar-refractivity contribution >= 4 is 26.0 Å². The number of hydrogen-bond donors (Lipinski definition) is 2. The van der Waals surface area contributed by atoms with Crippen LogP contribution >= 0.6 is 15.9 Å². The van der Waals surface area contributed by atoms with Gasteiger partial charge in [0.15, 0.2) is 0 Å². The van der Waals surface area contributed by atoms with Gasteiger partial charge in [-0.25, -0.2) is 13.1 Å². The molecule has 108 valence electrons. The smallest absolute Gasteiger partial charge is 0.241 e. The lowest BCUT2D eigenvalue weighted by Gasteiger charge is -2.12. The van der Waals surface area contributed by atoms with Crippen molar-refractivity contribution in [1.29, 1.82) is 0 Å². The van der Waals surface area contributed by atoms with Gasteiger partial charge in [-0.15, -0.1) is 0 Å². The van der Waals surface area contributed by atoms with Gasteiger partial charge in [0.1, 0.15) is 0 Å². The van der Waals surface area contributed by atoms with Crippen molar-refractivity contribution in [2.75, 3.05) is 13.1 Å². The fourth-order valence-corrected chi connectivity index (χ4v) is 3.89. The second kappa shape index (κ2) is 7.38. The Balaban J connectivity index is 3.15. The molecule has 0 aliphatic rings. The number of hydrogen-bond acceptors (Lipinski definition) is 3. The number of benzene rings is 1. The Labute approximate surface area is 124 Å². The van der Waals surface area contributed by atoms with E-state index in [1.165, 1.54) is 0 Å². The van der Waals surface area contributed by atoms with Crippen molar-refractivity contribution in [2.24, 2.45) is 0 Å². The molecule has 1 aromatic carbocycles. The van der Waals surface area contributed by atoms with Gasteiger partial charge in [0, 0.05) is 17.6 Å². The average Bonchev–Trinajstić information content (AvgIpc) is 2.37. The summed E-state index contributed by atoms with van der Waals surface area (Å²) in [5.41, 5.74) is 1.90. The van der Waals surface area contributed by atoms with Gasteiger partial charge in [0.05, 0.1) is 4.90 Å². The highest BCUT2D eigenvalue weighted by atomic mass is 79.9. The Bertz CT molecular complexity index is 530. The molecule has 1 aromatic rings. The number of aryl methyl sites for hydroxylation is 1. The number of nitrogens with one attached hydrogen (secondary N) is 2. The molecule has 0 unspecified atom stereocenters. The van der Waals surface area contributed by atoms with Crippen LogP contribution in [0, 0.1) is 6.92 Å². The Kier molecular flexibility index (Phi) is 6.46. The fourth-order valence-electron chi connectivity index (χ4n) is 1.69. The molecule has 0 radical (unpaired) electrons. The molecular formula is C13H21BrN2O2S. The molecule has 1 rings (SSSR count). The third-order valence-corrected chi connectivity index (χ3v) is 5.49. The maximum absolute atomic E-state index is 12.2. The van der Waals surface area contributed by atoms with E-state index in [0.717, 1.165) is 24.1 Å². The second-order valence-corrected chi connectivity index (χ2v) is 6.93. The molecule has 0 saturated carbocycles. The topological polar surface area (TPSA) is 58.2 Å². The Morgan fingerprint density at radius 2 is 1.95 bits per heavy atom. The quantitative estimate of drug-likeness (QED) is 0.795. The van der Waals surface area contributed by atoms with E-state index in [0.29, 0.717) is 22.5 Å². The Morgan fingerprint density at radius 1 is 1.26 bits per heavy atom. The molecular weight excluding hydrogens is 328 g/mol. The van der Waals surface area contributed by atoms with Crippen molar-refractivity contribution in [3.63, 3.8) is 0 Å². The minimum absolute atomic E-state index is 0.314. The van der Waals surface area contributed by atoms with Crippen LogP contribution in [0.1, 0.15) is 31.4 Å². The molecule has 0 saturated heterocycles. The molecule has 0 atom stereocenters. The number of sulfonamides is 1. The van der Waals surface area contributed by atoms with E-state index in [4.69, 9.17) is 0 Å². The molecule has 0 bridgehead atoms. The first-order valence-electron chi connectivity index (χ1n) is 6.41. The maximum atomic E-state index is 12.2. The van der Waals surface area contributed by atoms with Gasteiger partial charge in [-0.2, -0.15) is 0 Å². The molecule has 19 heavy (non-hydrogen) atoms. The molecule has 0 fully saturated rings. The summed E-state index contributed by atoms with van der Waals surface area (Å²) in [6.07, 6.45) is 0.771. The van der Waals surface area contributed by atoms with Gasteiger partial charge in [0.25, 0.3) is 0 Å². The van der Waals surface area contributed by atoms with Crippen molar-refractivity contribution in [3.8, 4) is 0 Å². The van der Waals surface area contributed by atoms with Gasteiger partial charge in [-0.1, -0.05) is 19.9 Å². The van der Waals surface area contributed by atoms with Crippen LogP contribution in [-0.2, 0) is 16.6 Å². The molecule has 0 amide bonds. The first-order chi connectivity index (χ1) is 8.92. The molecule has 2 N–H and O–H groups in total. The predicted octanol–water partition coefficient (Wildman–Crippen LogP) is 2.56. The summed E-state index contributed by atoms with van der Waals surface area (Å²) >= 11 is 3.37. The van der Waals surface area contributed by atoms with Crippen LogP contribution in [0.2, 0.25) is 0 Å². The lowest BCUT2D eigenvalue weighted by molar-refractivity contribution is 0.580. The summed E-state index contributed by atoms with van der Waals surface area (Å²) in [6, 6.07) is 3.71. The van der Waals surface area contributed by atoms with E-state index >= 15 is 0 Å².